The Kier molecular flexibility index (Phi) is 2.44. The maximum absolute atomic E-state index is 11.1. The van der Waals surface area contributed by atoms with Gasteiger partial charge in [-0.25, -0.2) is 0 Å². The zero-order valence-electron chi connectivity index (χ0n) is 7.66. The minimum Gasteiger partial charge on any atom is -0.351 e. The van der Waals surface area contributed by atoms with Gasteiger partial charge in [0.15, 0.2) is 0 Å². The molecule has 1 fully saturated rings. The highest BCUT2D eigenvalue weighted by Gasteiger charge is 2.17. The van der Waals surface area contributed by atoms with E-state index in [1.807, 2.05) is 30.3 Å². The first-order chi connectivity index (χ1) is 6.86. The van der Waals surface area contributed by atoms with Crippen LogP contribution < -0.4 is 10.7 Å². The number of para-hydroxylation sites is 1. The van der Waals surface area contributed by atoms with Gasteiger partial charge in [-0.3, -0.25) is 10.2 Å². The Hall–Kier alpha value is -1.84. The Morgan fingerprint density at radius 1 is 1.29 bits per heavy atom. The number of nitrogens with zero attached hydrogens (tertiary/aromatic N) is 1. The number of rotatable bonds is 2. The van der Waals surface area contributed by atoms with Crippen LogP contribution in [0.3, 0.4) is 0 Å². The van der Waals surface area contributed by atoms with Gasteiger partial charge in [0, 0.05) is 13.0 Å². The fraction of sp³-hybridized carbons (Fsp3) is 0.200. The van der Waals surface area contributed by atoms with Crippen molar-refractivity contribution in [3.63, 3.8) is 0 Å². The van der Waals surface area contributed by atoms with Crippen LogP contribution in [0, 0.1) is 0 Å². The molecular weight excluding hydrogens is 178 g/mol. The summed E-state index contributed by atoms with van der Waals surface area (Å²) >= 11 is 0. The van der Waals surface area contributed by atoms with Crippen LogP contribution in [0.2, 0.25) is 0 Å². The molecule has 0 unspecified atom stereocenters. The third-order valence-corrected chi connectivity index (χ3v) is 2.00. The maximum Gasteiger partial charge on any atom is 0.267 e. The van der Waals surface area contributed by atoms with Gasteiger partial charge in [0.1, 0.15) is 5.71 Å². The molecule has 1 heterocycles. The van der Waals surface area contributed by atoms with E-state index in [-0.39, 0.29) is 5.91 Å². The Morgan fingerprint density at radius 3 is 2.71 bits per heavy atom. The van der Waals surface area contributed by atoms with Gasteiger partial charge in [0.05, 0.1) is 5.69 Å². The molecule has 4 nitrogen and oxygen atoms in total. The summed E-state index contributed by atoms with van der Waals surface area (Å²) in [7, 11) is 0. The van der Waals surface area contributed by atoms with Gasteiger partial charge in [-0.05, 0) is 12.1 Å². The van der Waals surface area contributed by atoms with E-state index in [0.717, 1.165) is 5.69 Å². The molecule has 1 saturated heterocycles. The summed E-state index contributed by atoms with van der Waals surface area (Å²) in [5.41, 5.74) is 4.30. The van der Waals surface area contributed by atoms with Crippen LogP contribution in [0.1, 0.15) is 6.42 Å². The first-order valence-corrected chi connectivity index (χ1v) is 4.52. The summed E-state index contributed by atoms with van der Waals surface area (Å²) in [4.78, 5) is 11.1. The molecule has 4 heteroatoms. The van der Waals surface area contributed by atoms with E-state index >= 15 is 0 Å². The van der Waals surface area contributed by atoms with Crippen molar-refractivity contribution in [3.8, 4) is 0 Å². The second-order valence-electron chi connectivity index (χ2n) is 3.04. The van der Waals surface area contributed by atoms with Gasteiger partial charge in [-0.2, -0.15) is 5.10 Å². The highest BCUT2D eigenvalue weighted by Crippen LogP contribution is 2.05. The average molecular weight is 189 g/mol. The Bertz CT molecular complexity index is 359. The molecule has 1 aliphatic rings. The smallest absolute Gasteiger partial charge is 0.267 e. The van der Waals surface area contributed by atoms with Crippen molar-refractivity contribution < 1.29 is 4.79 Å². The molecule has 72 valence electrons. The number of amides is 1. The molecule has 2 N–H and O–H groups in total. The molecule has 0 aromatic heterocycles. The lowest BCUT2D eigenvalue weighted by Crippen LogP contribution is -2.19. The van der Waals surface area contributed by atoms with Crippen LogP contribution in [0.5, 0.6) is 0 Å². The van der Waals surface area contributed by atoms with E-state index in [1.165, 1.54) is 0 Å². The lowest BCUT2D eigenvalue weighted by atomic mass is 10.3. The minimum absolute atomic E-state index is 0.0755. The lowest BCUT2D eigenvalue weighted by Gasteiger charge is -1.99. The van der Waals surface area contributed by atoms with Gasteiger partial charge in [-0.1, -0.05) is 18.2 Å². The lowest BCUT2D eigenvalue weighted by molar-refractivity contribution is -0.113. The molecule has 0 radical (unpaired) electrons. The normalized spacial score (nSPS) is 18.3. The minimum atomic E-state index is -0.0755. The molecule has 0 atom stereocenters. The van der Waals surface area contributed by atoms with Gasteiger partial charge >= 0.3 is 0 Å². The largest absolute Gasteiger partial charge is 0.351 e. The van der Waals surface area contributed by atoms with Crippen molar-refractivity contribution >= 4 is 17.3 Å². The molecule has 0 aliphatic carbocycles. The van der Waals surface area contributed by atoms with Crippen LogP contribution in [0.4, 0.5) is 5.69 Å². The molecule has 0 bridgehead atoms. The Labute approximate surface area is 82.0 Å². The van der Waals surface area contributed by atoms with E-state index in [1.54, 1.807) is 0 Å². The third kappa shape index (κ3) is 1.90. The fourth-order valence-corrected chi connectivity index (χ4v) is 1.26. The molecule has 0 spiro atoms. The van der Waals surface area contributed by atoms with Crippen molar-refractivity contribution in [3.05, 3.63) is 30.3 Å². The van der Waals surface area contributed by atoms with Crippen molar-refractivity contribution in [2.24, 2.45) is 5.10 Å². The molecule has 1 aliphatic heterocycles. The summed E-state index contributed by atoms with van der Waals surface area (Å²) in [6, 6.07) is 9.56. The molecule has 2 rings (SSSR count). The highest BCUT2D eigenvalue weighted by atomic mass is 16.2. The van der Waals surface area contributed by atoms with E-state index in [0.29, 0.717) is 18.7 Å². The molecule has 1 aromatic carbocycles. The predicted molar refractivity (Wildman–Crippen MR) is 55.1 cm³/mol. The second-order valence-corrected chi connectivity index (χ2v) is 3.04. The molecular formula is C10H11N3O. The van der Waals surface area contributed by atoms with Gasteiger partial charge in [-0.15, -0.1) is 0 Å². The van der Waals surface area contributed by atoms with Crippen molar-refractivity contribution in [1.82, 2.24) is 5.32 Å². The van der Waals surface area contributed by atoms with Crippen molar-refractivity contribution in [1.29, 1.82) is 0 Å². The van der Waals surface area contributed by atoms with Crippen LogP contribution >= 0.6 is 0 Å². The molecule has 1 amide bonds. The standard InChI is InChI=1S/C10H11N3O/c14-10-9(6-7-11-10)13-12-8-4-2-1-3-5-8/h1-5,12H,6-7H2,(H,11,14). The zero-order valence-corrected chi connectivity index (χ0v) is 7.66. The van der Waals surface area contributed by atoms with Gasteiger partial charge < -0.3 is 5.32 Å². The van der Waals surface area contributed by atoms with Gasteiger partial charge in [0.25, 0.3) is 5.91 Å². The predicted octanol–water partition coefficient (Wildman–Crippen LogP) is 0.974. The molecule has 0 saturated carbocycles. The monoisotopic (exact) mass is 189 g/mol. The number of hydrogen-bond donors (Lipinski definition) is 2. The summed E-state index contributed by atoms with van der Waals surface area (Å²) < 4.78 is 0. The second kappa shape index (κ2) is 3.91. The summed E-state index contributed by atoms with van der Waals surface area (Å²) in [6.07, 6.45) is 0.693. The summed E-state index contributed by atoms with van der Waals surface area (Å²) in [5, 5.41) is 6.73. The van der Waals surface area contributed by atoms with Crippen molar-refractivity contribution in [2.45, 2.75) is 6.42 Å². The zero-order chi connectivity index (χ0) is 9.80. The van der Waals surface area contributed by atoms with Crippen molar-refractivity contribution in [2.75, 3.05) is 12.0 Å². The highest BCUT2D eigenvalue weighted by molar-refractivity contribution is 6.40. The molecule has 14 heavy (non-hydrogen) atoms. The SMILES string of the molecule is O=C1NCCC1=NNc1ccccc1. The third-order valence-electron chi connectivity index (χ3n) is 2.00. The number of benzene rings is 1. The Balaban J connectivity index is 2.03. The van der Waals surface area contributed by atoms with E-state index < -0.39 is 0 Å². The first-order valence-electron chi connectivity index (χ1n) is 4.52. The number of nitrogens with one attached hydrogen (secondary N) is 2. The summed E-state index contributed by atoms with van der Waals surface area (Å²) in [6.45, 7) is 0.689. The average Bonchev–Trinajstić information content (AvgIpc) is 2.63. The van der Waals surface area contributed by atoms with Crippen LogP contribution in [-0.4, -0.2) is 18.2 Å². The van der Waals surface area contributed by atoms with E-state index in [4.69, 9.17) is 0 Å². The van der Waals surface area contributed by atoms with Gasteiger partial charge in [0.2, 0.25) is 0 Å². The topological polar surface area (TPSA) is 53.5 Å². The fourth-order valence-electron chi connectivity index (χ4n) is 1.26. The quantitative estimate of drug-likeness (QED) is 0.681. The molecule has 1 aromatic rings. The van der Waals surface area contributed by atoms with Crippen LogP contribution in [0.15, 0.2) is 35.4 Å². The first kappa shape index (κ1) is 8.74. The maximum atomic E-state index is 11.1. The van der Waals surface area contributed by atoms with E-state index in [9.17, 15) is 4.79 Å². The number of hydrogen-bond acceptors (Lipinski definition) is 3. The number of hydrazone groups is 1. The number of carbonyl (C=O) groups excluding carboxylic acids is 1. The number of carbonyl (C=O) groups is 1. The number of anilines is 1. The van der Waals surface area contributed by atoms with Crippen LogP contribution in [0.25, 0.3) is 0 Å². The van der Waals surface area contributed by atoms with Crippen LogP contribution in [-0.2, 0) is 4.79 Å². The van der Waals surface area contributed by atoms with E-state index in [2.05, 4.69) is 15.8 Å². The Morgan fingerprint density at radius 2 is 2.07 bits per heavy atom. The summed E-state index contributed by atoms with van der Waals surface area (Å²) in [5.74, 6) is -0.0755.